The lowest BCUT2D eigenvalue weighted by molar-refractivity contribution is -0.274. The second-order valence-corrected chi connectivity index (χ2v) is 10.5. The van der Waals surface area contributed by atoms with Gasteiger partial charge in [0.2, 0.25) is 0 Å². The minimum Gasteiger partial charge on any atom is -0.406 e. The summed E-state index contributed by atoms with van der Waals surface area (Å²) in [5, 5.41) is 21.4. The summed E-state index contributed by atoms with van der Waals surface area (Å²) in [4.78, 5) is 22.0. The van der Waals surface area contributed by atoms with Gasteiger partial charge in [0.25, 0.3) is 0 Å². The van der Waals surface area contributed by atoms with Gasteiger partial charge in [-0.05, 0) is 44.4 Å². The lowest BCUT2D eigenvalue weighted by Crippen LogP contribution is -2.47. The Kier molecular flexibility index (Phi) is 6.76. The molecule has 1 aliphatic heterocycles. The zero-order chi connectivity index (χ0) is 28.2. The Balaban J connectivity index is 0.999. The number of likely N-dealkylation sites (N-methyl/N-ethyl adjacent to an activating group) is 1. The van der Waals surface area contributed by atoms with E-state index in [1.165, 1.54) is 30.9 Å². The van der Waals surface area contributed by atoms with Crippen LogP contribution in [-0.4, -0.2) is 88.9 Å². The van der Waals surface area contributed by atoms with Crippen LogP contribution in [-0.2, 0) is 11.2 Å². The molecule has 4 heterocycles. The number of aliphatic hydroxyl groups is 2. The molecule has 2 aliphatic rings. The fraction of sp³-hybridized carbons (Fsp3) is 0.520. The number of aliphatic hydroxyl groups excluding tert-OH is 2. The molecule has 3 aromatic heterocycles. The van der Waals surface area contributed by atoms with E-state index in [1.54, 1.807) is 4.57 Å². The highest BCUT2D eigenvalue weighted by molar-refractivity contribution is 5.81. The second-order valence-electron chi connectivity index (χ2n) is 10.5. The van der Waals surface area contributed by atoms with Crippen LogP contribution in [0.3, 0.4) is 0 Å². The maximum atomic E-state index is 12.5. The van der Waals surface area contributed by atoms with Crippen molar-refractivity contribution in [2.45, 2.75) is 62.6 Å². The van der Waals surface area contributed by atoms with E-state index < -0.39 is 30.9 Å². The molecule has 214 valence electrons. The molecule has 1 saturated carbocycles. The fourth-order valence-electron chi connectivity index (χ4n) is 5.59. The molecule has 40 heavy (non-hydrogen) atoms. The van der Waals surface area contributed by atoms with E-state index in [4.69, 9.17) is 10.5 Å². The van der Waals surface area contributed by atoms with Crippen LogP contribution < -0.4 is 10.5 Å². The molecule has 2 fully saturated rings. The largest absolute Gasteiger partial charge is 0.573 e. The highest BCUT2D eigenvalue weighted by atomic mass is 19.4. The Morgan fingerprint density at radius 1 is 1.20 bits per heavy atom. The highest BCUT2D eigenvalue weighted by Crippen LogP contribution is 2.37. The lowest BCUT2D eigenvalue weighted by Gasteiger charge is -2.42. The van der Waals surface area contributed by atoms with Crippen molar-refractivity contribution in [3.8, 4) is 5.75 Å². The average molecular weight is 563 g/mol. The number of aryl methyl sites for hydroxylation is 1. The number of H-pyrrole nitrogens is 1. The molecule has 4 atom stereocenters. The summed E-state index contributed by atoms with van der Waals surface area (Å²) in [6.07, 6.45) is -2.22. The number of nitrogens with two attached hydrogens (primary N) is 1. The van der Waals surface area contributed by atoms with Gasteiger partial charge in [-0.1, -0.05) is 0 Å². The van der Waals surface area contributed by atoms with Gasteiger partial charge in [-0.2, -0.15) is 0 Å². The minimum atomic E-state index is -4.75. The number of halogens is 3. The number of fused-ring (bicyclic) bond motifs is 2. The molecule has 4 aromatic rings. The number of nitrogens with zero attached hydrogens (tertiary/aromatic N) is 6. The van der Waals surface area contributed by atoms with Crippen LogP contribution in [0.25, 0.3) is 22.2 Å². The molecule has 15 heteroatoms. The summed E-state index contributed by atoms with van der Waals surface area (Å²) in [7, 11) is 1.97. The van der Waals surface area contributed by atoms with Crippen LogP contribution in [0.4, 0.5) is 19.0 Å². The Morgan fingerprint density at radius 3 is 2.77 bits per heavy atom. The molecular formula is C25H29F3N8O4. The number of nitrogen functional groups attached to an aromatic ring is 1. The predicted molar refractivity (Wildman–Crippen MR) is 136 cm³/mol. The van der Waals surface area contributed by atoms with Gasteiger partial charge < -0.3 is 35.3 Å². The highest BCUT2D eigenvalue weighted by Gasteiger charge is 2.45. The number of anilines is 1. The number of ether oxygens (including phenoxy) is 2. The van der Waals surface area contributed by atoms with Crippen molar-refractivity contribution in [3.05, 3.63) is 36.7 Å². The molecule has 0 radical (unpaired) electrons. The third kappa shape index (κ3) is 5.16. The summed E-state index contributed by atoms with van der Waals surface area (Å²) in [6, 6.07) is 4.37. The van der Waals surface area contributed by atoms with Crippen molar-refractivity contribution in [2.75, 3.05) is 19.3 Å². The number of imidazole rings is 2. The van der Waals surface area contributed by atoms with Gasteiger partial charge in [-0.15, -0.1) is 13.2 Å². The number of alkyl halides is 3. The number of nitrogens with one attached hydrogen (secondary N) is 1. The number of benzene rings is 1. The second kappa shape index (κ2) is 10.1. The summed E-state index contributed by atoms with van der Waals surface area (Å²) >= 11 is 0. The Morgan fingerprint density at radius 2 is 2.00 bits per heavy atom. The maximum Gasteiger partial charge on any atom is 0.573 e. The first kappa shape index (κ1) is 26.7. The van der Waals surface area contributed by atoms with Gasteiger partial charge in [0.1, 0.15) is 41.7 Å². The van der Waals surface area contributed by atoms with Crippen molar-refractivity contribution >= 4 is 28.0 Å². The topological polar surface area (TPSA) is 160 Å². The van der Waals surface area contributed by atoms with Crippen LogP contribution in [0.15, 0.2) is 30.9 Å². The third-order valence-electron chi connectivity index (χ3n) is 7.83. The number of hydrogen-bond acceptors (Lipinski definition) is 10. The monoisotopic (exact) mass is 562 g/mol. The molecule has 1 unspecified atom stereocenters. The van der Waals surface area contributed by atoms with Crippen LogP contribution in [0.1, 0.15) is 31.3 Å². The zero-order valence-corrected chi connectivity index (χ0v) is 21.5. The van der Waals surface area contributed by atoms with Crippen LogP contribution in [0.5, 0.6) is 5.75 Å². The first-order valence-corrected chi connectivity index (χ1v) is 12.9. The Hall–Kier alpha value is -3.53. The predicted octanol–water partition coefficient (Wildman–Crippen LogP) is 2.15. The summed E-state index contributed by atoms with van der Waals surface area (Å²) < 4.78 is 49.0. The smallest absolute Gasteiger partial charge is 0.406 e. The minimum absolute atomic E-state index is 0.220. The quantitative estimate of drug-likeness (QED) is 0.251. The van der Waals surface area contributed by atoms with Crippen molar-refractivity contribution in [2.24, 2.45) is 5.92 Å². The Bertz CT molecular complexity index is 1500. The van der Waals surface area contributed by atoms with E-state index in [-0.39, 0.29) is 11.6 Å². The van der Waals surface area contributed by atoms with E-state index in [9.17, 15) is 23.4 Å². The summed E-state index contributed by atoms with van der Waals surface area (Å²) in [6.45, 7) is 0.432. The van der Waals surface area contributed by atoms with Gasteiger partial charge >= 0.3 is 6.36 Å². The molecule has 1 aromatic carbocycles. The third-order valence-corrected chi connectivity index (χ3v) is 7.83. The number of aromatic nitrogens is 6. The lowest BCUT2D eigenvalue weighted by atomic mass is 9.76. The van der Waals surface area contributed by atoms with Crippen molar-refractivity contribution in [1.82, 2.24) is 34.4 Å². The average Bonchev–Trinajstić information content (AvgIpc) is 3.54. The van der Waals surface area contributed by atoms with Crippen molar-refractivity contribution in [1.29, 1.82) is 0 Å². The normalized spacial score (nSPS) is 27.1. The molecule has 12 nitrogen and oxygen atoms in total. The van der Waals surface area contributed by atoms with Gasteiger partial charge in [-0.25, -0.2) is 19.9 Å². The van der Waals surface area contributed by atoms with E-state index in [0.717, 1.165) is 25.1 Å². The first-order valence-electron chi connectivity index (χ1n) is 12.9. The van der Waals surface area contributed by atoms with Gasteiger partial charge in [0.05, 0.1) is 17.4 Å². The summed E-state index contributed by atoms with van der Waals surface area (Å²) in [5.41, 5.74) is 7.76. The van der Waals surface area contributed by atoms with Gasteiger partial charge in [0.15, 0.2) is 17.7 Å². The SMILES string of the molecule is CN(C[C@H]1OC(n2cnc3c(N)ncnc32)[C@H](O)[C@@H]1O)[C@H]1C[C@H](CCc2nc3cc(OC(F)(F)F)ccc3[nH]2)C1. The van der Waals surface area contributed by atoms with Crippen LogP contribution in [0.2, 0.25) is 0 Å². The van der Waals surface area contributed by atoms with Crippen molar-refractivity contribution < 1.29 is 32.9 Å². The van der Waals surface area contributed by atoms with E-state index in [0.29, 0.717) is 47.1 Å². The number of aromatic amines is 1. The fourth-order valence-corrected chi connectivity index (χ4v) is 5.59. The maximum absolute atomic E-state index is 12.5. The van der Waals surface area contributed by atoms with Gasteiger partial charge in [-0.3, -0.25) is 4.57 Å². The number of rotatable bonds is 8. The molecular weight excluding hydrogens is 533 g/mol. The molecule has 5 N–H and O–H groups in total. The standard InChI is InChI=1S/C25H29F3N8O4/c1-35(9-17-20(37)21(38)24(39-17)36-11-32-19-22(29)30-10-31-23(19)36)13-6-12(7-13)2-5-18-33-15-4-3-14(8-16(15)34-18)40-25(26,27)28/h3-4,8,10-13,17,20-21,24,37-38H,2,5-7,9H2,1H3,(H,33,34)(H2,29,30,31)/t12-,13-,17-,20-,21-,24?/m1/s1. The van der Waals surface area contributed by atoms with E-state index >= 15 is 0 Å². The molecule has 0 amide bonds. The van der Waals surface area contributed by atoms with Crippen LogP contribution in [0, 0.1) is 5.92 Å². The summed E-state index contributed by atoms with van der Waals surface area (Å²) in [5.74, 6) is 1.12. The van der Waals surface area contributed by atoms with Crippen LogP contribution >= 0.6 is 0 Å². The molecule has 0 spiro atoms. The molecule has 6 rings (SSSR count). The molecule has 1 aliphatic carbocycles. The number of hydrogen-bond donors (Lipinski definition) is 4. The first-order chi connectivity index (χ1) is 19.1. The van der Waals surface area contributed by atoms with Gasteiger partial charge in [0, 0.05) is 25.1 Å². The van der Waals surface area contributed by atoms with E-state index in [2.05, 4.69) is 34.6 Å². The van der Waals surface area contributed by atoms with Crippen molar-refractivity contribution in [3.63, 3.8) is 0 Å². The zero-order valence-electron chi connectivity index (χ0n) is 21.5. The van der Waals surface area contributed by atoms with E-state index in [1.807, 2.05) is 7.05 Å². The Labute approximate surface area is 226 Å². The molecule has 1 saturated heterocycles. The molecule has 0 bridgehead atoms.